The first-order chi connectivity index (χ1) is 14.0. The molecule has 3 rings (SSSR count). The van der Waals surface area contributed by atoms with Crippen LogP contribution in [0.2, 0.25) is 0 Å². The van der Waals surface area contributed by atoms with Crippen LogP contribution >= 0.6 is 0 Å². The van der Waals surface area contributed by atoms with Crippen molar-refractivity contribution in [3.63, 3.8) is 0 Å². The van der Waals surface area contributed by atoms with Gasteiger partial charge in [0.05, 0.1) is 24.2 Å². The van der Waals surface area contributed by atoms with E-state index in [-0.39, 0.29) is 12.5 Å². The number of hydrogen-bond donors (Lipinski definition) is 1. The van der Waals surface area contributed by atoms with Gasteiger partial charge >= 0.3 is 5.97 Å². The highest BCUT2D eigenvalue weighted by molar-refractivity contribution is 5.92. The molecule has 1 heterocycles. The zero-order valence-electron chi connectivity index (χ0n) is 16.2. The number of benzene rings is 2. The molecule has 1 N–H and O–H groups in total. The second kappa shape index (κ2) is 8.96. The fraction of sp³-hybridized carbons (Fsp3) is 0.250. The Balaban J connectivity index is 1.56. The van der Waals surface area contributed by atoms with E-state index in [1.165, 1.54) is 19.0 Å². The predicted molar refractivity (Wildman–Crippen MR) is 105 cm³/mol. The number of ether oxygens (including phenoxy) is 1. The van der Waals surface area contributed by atoms with E-state index in [2.05, 4.69) is 15.6 Å². The van der Waals surface area contributed by atoms with Crippen LogP contribution in [0.4, 0.5) is 0 Å². The van der Waals surface area contributed by atoms with Gasteiger partial charge in [-0.15, -0.1) is 5.10 Å². The topological polar surface area (TPSA) is 106 Å². The SMILES string of the molecule is CNC(=O)CN(C)C(=O)COC(=O)c1ccc(Cn2nnc3ccccc32)cc1. The molecule has 0 bridgehead atoms. The van der Waals surface area contributed by atoms with Gasteiger partial charge in [-0.25, -0.2) is 9.48 Å². The molecular weight excluding hydrogens is 374 g/mol. The minimum Gasteiger partial charge on any atom is -0.452 e. The van der Waals surface area contributed by atoms with Gasteiger partial charge in [-0.1, -0.05) is 29.5 Å². The molecule has 0 aliphatic heterocycles. The van der Waals surface area contributed by atoms with Gasteiger partial charge in [-0.05, 0) is 29.8 Å². The third kappa shape index (κ3) is 4.95. The van der Waals surface area contributed by atoms with Crippen LogP contribution in [0, 0.1) is 0 Å². The van der Waals surface area contributed by atoms with Gasteiger partial charge in [-0.3, -0.25) is 9.59 Å². The first-order valence-corrected chi connectivity index (χ1v) is 8.97. The summed E-state index contributed by atoms with van der Waals surface area (Å²) in [5, 5.41) is 10.7. The Kier molecular flexibility index (Phi) is 6.18. The Morgan fingerprint density at radius 3 is 2.55 bits per heavy atom. The van der Waals surface area contributed by atoms with Crippen LogP contribution in [-0.4, -0.2) is 64.9 Å². The number of likely N-dealkylation sites (N-methyl/N-ethyl adjacent to an activating group) is 2. The summed E-state index contributed by atoms with van der Waals surface area (Å²) in [5.74, 6) is -1.37. The molecular formula is C20H21N5O4. The summed E-state index contributed by atoms with van der Waals surface area (Å²) >= 11 is 0. The maximum Gasteiger partial charge on any atom is 0.338 e. The van der Waals surface area contributed by atoms with Gasteiger partial charge in [0.15, 0.2) is 6.61 Å². The predicted octanol–water partition coefficient (Wildman–Crippen LogP) is 0.841. The van der Waals surface area contributed by atoms with Crippen molar-refractivity contribution in [2.75, 3.05) is 27.2 Å². The highest BCUT2D eigenvalue weighted by atomic mass is 16.5. The van der Waals surface area contributed by atoms with Crippen molar-refractivity contribution in [2.24, 2.45) is 0 Å². The number of aromatic nitrogens is 3. The minimum atomic E-state index is -0.607. The summed E-state index contributed by atoms with van der Waals surface area (Å²) in [6, 6.07) is 14.5. The number of fused-ring (bicyclic) bond motifs is 1. The van der Waals surface area contributed by atoms with E-state index < -0.39 is 18.5 Å². The summed E-state index contributed by atoms with van der Waals surface area (Å²) < 4.78 is 6.82. The molecule has 0 radical (unpaired) electrons. The van der Waals surface area contributed by atoms with Crippen LogP contribution in [0.25, 0.3) is 11.0 Å². The molecule has 0 unspecified atom stereocenters. The molecule has 3 aromatic rings. The van der Waals surface area contributed by atoms with Crippen LogP contribution in [0.3, 0.4) is 0 Å². The van der Waals surface area contributed by atoms with E-state index in [4.69, 9.17) is 4.74 Å². The van der Waals surface area contributed by atoms with E-state index >= 15 is 0 Å². The summed E-state index contributed by atoms with van der Waals surface area (Å²) in [5.41, 5.74) is 3.02. The van der Waals surface area contributed by atoms with Crippen LogP contribution in [0.5, 0.6) is 0 Å². The van der Waals surface area contributed by atoms with E-state index in [0.29, 0.717) is 12.1 Å². The molecule has 0 fully saturated rings. The highest BCUT2D eigenvalue weighted by Gasteiger charge is 2.15. The molecule has 9 nitrogen and oxygen atoms in total. The van der Waals surface area contributed by atoms with Gasteiger partial charge < -0.3 is 15.0 Å². The smallest absolute Gasteiger partial charge is 0.338 e. The Bertz CT molecular complexity index is 1030. The molecule has 0 saturated carbocycles. The zero-order valence-corrected chi connectivity index (χ0v) is 16.2. The fourth-order valence-corrected chi connectivity index (χ4v) is 2.66. The third-order valence-electron chi connectivity index (χ3n) is 4.35. The van der Waals surface area contributed by atoms with E-state index in [0.717, 1.165) is 16.6 Å². The van der Waals surface area contributed by atoms with Crippen LogP contribution < -0.4 is 5.32 Å². The molecule has 2 amide bonds. The van der Waals surface area contributed by atoms with Crippen LogP contribution in [0.15, 0.2) is 48.5 Å². The average Bonchev–Trinajstić information content (AvgIpc) is 3.15. The second-order valence-electron chi connectivity index (χ2n) is 6.43. The first-order valence-electron chi connectivity index (χ1n) is 8.97. The number of nitrogens with one attached hydrogen (secondary N) is 1. The average molecular weight is 395 g/mol. The second-order valence-corrected chi connectivity index (χ2v) is 6.43. The summed E-state index contributed by atoms with van der Waals surface area (Å²) in [6.45, 7) is -0.0177. The van der Waals surface area contributed by atoms with E-state index in [1.807, 2.05) is 24.3 Å². The first kappa shape index (κ1) is 20.0. The number of rotatable bonds is 7. The molecule has 29 heavy (non-hydrogen) atoms. The number of para-hydroxylation sites is 1. The Labute approximate surface area is 167 Å². The molecule has 0 aliphatic rings. The molecule has 1 aromatic heterocycles. The Morgan fingerprint density at radius 2 is 1.83 bits per heavy atom. The van der Waals surface area contributed by atoms with Crippen LogP contribution in [-0.2, 0) is 20.9 Å². The normalized spacial score (nSPS) is 10.6. The molecule has 0 aliphatic carbocycles. The summed E-state index contributed by atoms with van der Waals surface area (Å²) in [7, 11) is 2.95. The lowest BCUT2D eigenvalue weighted by atomic mass is 10.1. The van der Waals surface area contributed by atoms with Gasteiger partial charge in [-0.2, -0.15) is 0 Å². The number of nitrogens with zero attached hydrogens (tertiary/aromatic N) is 4. The monoisotopic (exact) mass is 395 g/mol. The summed E-state index contributed by atoms with van der Waals surface area (Å²) in [4.78, 5) is 36.5. The van der Waals surface area contributed by atoms with Crippen molar-refractivity contribution in [1.82, 2.24) is 25.2 Å². The fourth-order valence-electron chi connectivity index (χ4n) is 2.66. The minimum absolute atomic E-state index is 0.0987. The van der Waals surface area contributed by atoms with Crippen LogP contribution in [0.1, 0.15) is 15.9 Å². The lowest BCUT2D eigenvalue weighted by molar-refractivity contribution is -0.137. The molecule has 0 spiro atoms. The van der Waals surface area contributed by atoms with Crippen molar-refractivity contribution in [3.05, 3.63) is 59.7 Å². The molecule has 2 aromatic carbocycles. The maximum atomic E-state index is 12.2. The zero-order chi connectivity index (χ0) is 20.8. The Hall–Kier alpha value is -3.75. The standard InChI is InChI=1S/C20H21N5O4/c1-21-18(26)12-24(2)19(27)13-29-20(28)15-9-7-14(8-10-15)11-25-17-6-4-3-5-16(17)22-23-25/h3-10H,11-13H2,1-2H3,(H,21,26). The maximum absolute atomic E-state index is 12.2. The number of carbonyl (C=O) groups excluding carboxylic acids is 3. The van der Waals surface area contributed by atoms with Crippen molar-refractivity contribution < 1.29 is 19.1 Å². The number of carbonyl (C=O) groups is 3. The summed E-state index contributed by atoms with van der Waals surface area (Å²) in [6.07, 6.45) is 0. The molecule has 150 valence electrons. The van der Waals surface area contributed by atoms with E-state index in [9.17, 15) is 14.4 Å². The van der Waals surface area contributed by atoms with Gasteiger partial charge in [0.25, 0.3) is 5.91 Å². The van der Waals surface area contributed by atoms with Crippen molar-refractivity contribution >= 4 is 28.8 Å². The molecule has 9 heteroatoms. The lowest BCUT2D eigenvalue weighted by Crippen LogP contribution is -2.39. The quantitative estimate of drug-likeness (QED) is 0.594. The van der Waals surface area contributed by atoms with Crippen molar-refractivity contribution in [2.45, 2.75) is 6.54 Å². The Morgan fingerprint density at radius 1 is 1.10 bits per heavy atom. The number of amides is 2. The lowest BCUT2D eigenvalue weighted by Gasteiger charge is -2.15. The molecule has 0 atom stereocenters. The highest BCUT2D eigenvalue weighted by Crippen LogP contribution is 2.13. The van der Waals surface area contributed by atoms with Crippen molar-refractivity contribution in [3.8, 4) is 0 Å². The van der Waals surface area contributed by atoms with Gasteiger partial charge in [0.1, 0.15) is 5.52 Å². The van der Waals surface area contributed by atoms with E-state index in [1.54, 1.807) is 28.9 Å². The van der Waals surface area contributed by atoms with Gasteiger partial charge in [0.2, 0.25) is 5.91 Å². The van der Waals surface area contributed by atoms with Crippen molar-refractivity contribution in [1.29, 1.82) is 0 Å². The van der Waals surface area contributed by atoms with Gasteiger partial charge in [0, 0.05) is 14.1 Å². The number of esters is 1. The largest absolute Gasteiger partial charge is 0.452 e. The number of hydrogen-bond acceptors (Lipinski definition) is 6. The molecule has 0 saturated heterocycles. The third-order valence-corrected chi connectivity index (χ3v) is 4.35.